The Morgan fingerprint density at radius 2 is 1.76 bits per heavy atom. The van der Waals surface area contributed by atoms with E-state index in [0.717, 1.165) is 42.8 Å². The Bertz CT molecular complexity index is 1050. The van der Waals surface area contributed by atoms with Gasteiger partial charge in [0.1, 0.15) is 28.1 Å². The van der Waals surface area contributed by atoms with Crippen LogP contribution in [0.2, 0.25) is 10.3 Å². The second-order valence-electron chi connectivity index (χ2n) is 8.90. The van der Waals surface area contributed by atoms with Gasteiger partial charge in [-0.05, 0) is 29.7 Å². The van der Waals surface area contributed by atoms with E-state index in [1.807, 2.05) is 12.3 Å². The monoisotopic (exact) mass is 431 g/mol. The molecular formula is C20H23Cl2N7. The van der Waals surface area contributed by atoms with Gasteiger partial charge in [-0.15, -0.1) is 0 Å². The average Bonchev–Trinajstić information content (AvgIpc) is 3.29. The van der Waals surface area contributed by atoms with E-state index in [-0.39, 0.29) is 10.8 Å². The summed E-state index contributed by atoms with van der Waals surface area (Å²) in [6.07, 6.45) is 5.68. The third-order valence-electron chi connectivity index (χ3n) is 7.06. The summed E-state index contributed by atoms with van der Waals surface area (Å²) in [7, 11) is 2.14. The molecule has 2 aliphatic rings. The van der Waals surface area contributed by atoms with Crippen LogP contribution in [0, 0.1) is 10.8 Å². The summed E-state index contributed by atoms with van der Waals surface area (Å²) in [5.74, 6) is 1.60. The van der Waals surface area contributed by atoms with Gasteiger partial charge >= 0.3 is 0 Å². The molecule has 0 aromatic carbocycles. The highest BCUT2D eigenvalue weighted by molar-refractivity contribution is 6.33. The van der Waals surface area contributed by atoms with Crippen molar-refractivity contribution in [2.24, 2.45) is 10.8 Å². The highest BCUT2D eigenvalue weighted by Crippen LogP contribution is 2.58. The molecule has 1 saturated heterocycles. The number of hydrogen-bond donors (Lipinski definition) is 1. The van der Waals surface area contributed by atoms with E-state index in [4.69, 9.17) is 23.2 Å². The van der Waals surface area contributed by atoms with Crippen LogP contribution in [0.25, 0.3) is 11.0 Å². The zero-order chi connectivity index (χ0) is 20.4. The van der Waals surface area contributed by atoms with Crippen LogP contribution >= 0.6 is 23.2 Å². The van der Waals surface area contributed by atoms with Gasteiger partial charge in [0.15, 0.2) is 0 Å². The van der Waals surface area contributed by atoms with Crippen molar-refractivity contribution in [3.63, 3.8) is 0 Å². The third-order valence-corrected chi connectivity index (χ3v) is 7.45. The van der Waals surface area contributed by atoms with E-state index in [1.54, 1.807) is 12.4 Å². The molecule has 0 spiro atoms. The predicted molar refractivity (Wildman–Crippen MR) is 116 cm³/mol. The minimum atomic E-state index is 0.133. The summed E-state index contributed by atoms with van der Waals surface area (Å²) in [5.41, 5.74) is 1.14. The number of aromatic nitrogens is 5. The summed E-state index contributed by atoms with van der Waals surface area (Å²) in [4.78, 5) is 25.4. The lowest BCUT2D eigenvalue weighted by molar-refractivity contribution is 0.184. The lowest BCUT2D eigenvalue weighted by atomic mass is 9.71. The molecule has 9 heteroatoms. The molecule has 1 aliphatic carbocycles. The second-order valence-corrected chi connectivity index (χ2v) is 9.68. The van der Waals surface area contributed by atoms with Gasteiger partial charge in [-0.2, -0.15) is 0 Å². The van der Waals surface area contributed by atoms with Crippen LogP contribution in [-0.2, 0) is 0 Å². The molecule has 2 fully saturated rings. The Kier molecular flexibility index (Phi) is 4.19. The lowest BCUT2D eigenvalue weighted by Crippen LogP contribution is -2.34. The molecule has 7 nitrogen and oxygen atoms in total. The fourth-order valence-corrected chi connectivity index (χ4v) is 5.68. The van der Waals surface area contributed by atoms with Crippen LogP contribution in [0.1, 0.15) is 26.7 Å². The number of halogens is 2. The van der Waals surface area contributed by atoms with Gasteiger partial charge in [0.25, 0.3) is 0 Å². The van der Waals surface area contributed by atoms with Crippen LogP contribution in [-0.4, -0.2) is 51.1 Å². The Morgan fingerprint density at radius 1 is 1.10 bits per heavy atom. The Labute approximate surface area is 179 Å². The van der Waals surface area contributed by atoms with Crippen LogP contribution in [0.3, 0.4) is 0 Å². The van der Waals surface area contributed by atoms with E-state index in [9.17, 15) is 0 Å². The van der Waals surface area contributed by atoms with E-state index < -0.39 is 0 Å². The fraction of sp³-hybridized carbons (Fsp3) is 0.500. The quantitative estimate of drug-likeness (QED) is 0.626. The third kappa shape index (κ3) is 2.94. The topological polar surface area (TPSA) is 73.8 Å². The van der Waals surface area contributed by atoms with Crippen molar-refractivity contribution >= 4 is 46.0 Å². The van der Waals surface area contributed by atoms with Crippen molar-refractivity contribution in [1.29, 1.82) is 0 Å². The van der Waals surface area contributed by atoms with E-state index in [0.29, 0.717) is 22.3 Å². The summed E-state index contributed by atoms with van der Waals surface area (Å²) >= 11 is 12.2. The maximum Gasteiger partial charge on any atom is 0.228 e. The molecule has 3 aromatic rings. The summed E-state index contributed by atoms with van der Waals surface area (Å²) in [6.45, 7) is 6.51. The molecule has 1 N–H and O–H groups in total. The fourth-order valence-electron chi connectivity index (χ4n) is 5.26. The van der Waals surface area contributed by atoms with Gasteiger partial charge in [0, 0.05) is 38.4 Å². The van der Waals surface area contributed by atoms with Gasteiger partial charge < -0.3 is 14.8 Å². The Balaban J connectivity index is 1.41. The first-order chi connectivity index (χ1) is 13.8. The number of nitrogens with one attached hydrogen (secondary N) is 1. The van der Waals surface area contributed by atoms with E-state index >= 15 is 0 Å². The predicted octanol–water partition coefficient (Wildman–Crippen LogP) is 4.19. The largest absolute Gasteiger partial charge is 0.356 e. The smallest absolute Gasteiger partial charge is 0.228 e. The van der Waals surface area contributed by atoms with Crippen molar-refractivity contribution in [2.75, 3.05) is 29.9 Å². The minimum absolute atomic E-state index is 0.133. The molecule has 0 bridgehead atoms. The van der Waals surface area contributed by atoms with Gasteiger partial charge in [-0.1, -0.05) is 37.0 Å². The molecule has 1 aliphatic heterocycles. The van der Waals surface area contributed by atoms with Gasteiger partial charge in [-0.3, -0.25) is 0 Å². The number of anilines is 2. The zero-order valence-electron chi connectivity index (χ0n) is 16.7. The molecule has 29 heavy (non-hydrogen) atoms. The number of nitrogens with zero attached hydrogens (tertiary/aromatic N) is 6. The van der Waals surface area contributed by atoms with Crippen molar-refractivity contribution in [3.05, 3.63) is 35.0 Å². The first kappa shape index (κ1) is 18.9. The van der Waals surface area contributed by atoms with Crippen LogP contribution in [0.4, 0.5) is 11.8 Å². The first-order valence-corrected chi connectivity index (χ1v) is 10.5. The molecule has 1 unspecified atom stereocenters. The number of hydrogen-bond acceptors (Lipinski definition) is 6. The molecule has 4 heterocycles. The Hall–Kier alpha value is -2.12. The number of rotatable bonds is 3. The van der Waals surface area contributed by atoms with Crippen molar-refractivity contribution in [1.82, 2.24) is 24.9 Å². The van der Waals surface area contributed by atoms with Crippen molar-refractivity contribution in [3.8, 4) is 0 Å². The lowest BCUT2D eigenvalue weighted by Gasteiger charge is -2.31. The molecule has 5 rings (SSSR count). The molecule has 152 valence electrons. The van der Waals surface area contributed by atoms with Crippen LogP contribution < -0.4 is 9.80 Å². The maximum absolute atomic E-state index is 6.11. The standard InChI is InChI=1S/C20H23Cl2N7/c1-19-7-12(28(3)17-13-4-5-23-16(13)24-11-25-17)8-20(19,2)10-29(9-19)18-26-14(21)6-15(22)27-18/h4-6,11-12H,7-10H2,1-3H3,(H,23,24,25)/t12?,19-,20+. The summed E-state index contributed by atoms with van der Waals surface area (Å²) < 4.78 is 0. The van der Waals surface area contributed by atoms with Crippen LogP contribution in [0.15, 0.2) is 24.7 Å². The molecule has 0 radical (unpaired) electrons. The second kappa shape index (κ2) is 6.44. The molecule has 3 aromatic heterocycles. The van der Waals surface area contributed by atoms with Gasteiger partial charge in [0.2, 0.25) is 5.95 Å². The Morgan fingerprint density at radius 3 is 2.41 bits per heavy atom. The normalized spacial score (nSPS) is 28.9. The number of aromatic amines is 1. The summed E-state index contributed by atoms with van der Waals surface area (Å²) in [6, 6.07) is 4.02. The number of fused-ring (bicyclic) bond motifs is 2. The molecule has 3 atom stereocenters. The van der Waals surface area contributed by atoms with Gasteiger partial charge in [0.05, 0.1) is 5.39 Å². The molecular weight excluding hydrogens is 409 g/mol. The number of H-pyrrole nitrogens is 1. The van der Waals surface area contributed by atoms with Gasteiger partial charge in [-0.25, -0.2) is 19.9 Å². The van der Waals surface area contributed by atoms with E-state index in [1.165, 1.54) is 0 Å². The van der Waals surface area contributed by atoms with Crippen molar-refractivity contribution in [2.45, 2.75) is 32.7 Å². The maximum atomic E-state index is 6.11. The summed E-state index contributed by atoms with van der Waals surface area (Å²) in [5, 5.41) is 1.82. The SMILES string of the molecule is CN(c1ncnc2[nH]ccc12)C1C[C@@]2(C)CN(c3nc(Cl)cc(Cl)n3)C[C@@]2(C)C1. The minimum Gasteiger partial charge on any atom is -0.356 e. The van der Waals surface area contributed by atoms with Crippen LogP contribution in [0.5, 0.6) is 0 Å². The van der Waals surface area contributed by atoms with E-state index in [2.05, 4.69) is 55.6 Å². The molecule has 0 amide bonds. The first-order valence-electron chi connectivity index (χ1n) is 9.74. The highest BCUT2D eigenvalue weighted by atomic mass is 35.5. The molecule has 1 saturated carbocycles. The zero-order valence-corrected chi connectivity index (χ0v) is 18.2. The van der Waals surface area contributed by atoms with Crippen molar-refractivity contribution < 1.29 is 0 Å². The highest BCUT2D eigenvalue weighted by Gasteiger charge is 2.59. The average molecular weight is 432 g/mol.